The van der Waals surface area contributed by atoms with Crippen LogP contribution in [0, 0.1) is 23.2 Å². The minimum Gasteiger partial charge on any atom is -0.496 e. The second-order valence-electron chi connectivity index (χ2n) is 16.0. The van der Waals surface area contributed by atoms with Gasteiger partial charge in [-0.05, 0) is 93.4 Å². The average Bonchev–Trinajstić information content (AvgIpc) is 4.08. The third kappa shape index (κ3) is 8.05. The van der Waals surface area contributed by atoms with Crippen LogP contribution in [0.1, 0.15) is 109 Å². The van der Waals surface area contributed by atoms with E-state index < -0.39 is 50.6 Å². The zero-order valence-corrected chi connectivity index (χ0v) is 31.8. The maximum Gasteiger partial charge on any atom is 0.306 e. The Morgan fingerprint density at radius 1 is 1.04 bits per heavy atom. The lowest BCUT2D eigenvalue weighted by Crippen LogP contribution is -2.48. The fourth-order valence-electron chi connectivity index (χ4n) is 9.13. The highest BCUT2D eigenvalue weighted by molar-refractivity contribution is 7.90. The number of hydrogen-bond donors (Lipinski definition) is 1. The number of benzene rings is 1. The van der Waals surface area contributed by atoms with Gasteiger partial charge in [0.25, 0.3) is 0 Å². The van der Waals surface area contributed by atoms with Gasteiger partial charge in [-0.2, -0.15) is 0 Å². The quantitative estimate of drug-likeness (QED) is 0.328. The summed E-state index contributed by atoms with van der Waals surface area (Å²) < 4.78 is 46.0. The predicted octanol–water partition coefficient (Wildman–Crippen LogP) is 5.43. The van der Waals surface area contributed by atoms with E-state index in [2.05, 4.69) is 15.8 Å². The van der Waals surface area contributed by atoms with E-state index in [1.165, 1.54) is 0 Å². The van der Waals surface area contributed by atoms with E-state index in [4.69, 9.17) is 14.2 Å². The van der Waals surface area contributed by atoms with Crippen LogP contribution >= 0.6 is 0 Å². The highest BCUT2D eigenvalue weighted by Crippen LogP contribution is 2.58. The van der Waals surface area contributed by atoms with Crippen molar-refractivity contribution in [2.75, 3.05) is 20.3 Å². The van der Waals surface area contributed by atoms with Crippen LogP contribution in [0.3, 0.4) is 0 Å². The van der Waals surface area contributed by atoms with E-state index >= 15 is 0 Å². The summed E-state index contributed by atoms with van der Waals surface area (Å²) >= 11 is 0. The van der Waals surface area contributed by atoms with Crippen LogP contribution in [0.5, 0.6) is 11.6 Å². The summed E-state index contributed by atoms with van der Waals surface area (Å²) in [4.78, 5) is 62.5. The van der Waals surface area contributed by atoms with Crippen molar-refractivity contribution in [1.29, 1.82) is 0 Å². The number of pyridine rings is 1. The highest BCUT2D eigenvalue weighted by Gasteiger charge is 2.61. The number of ketones is 1. The molecule has 12 nitrogen and oxygen atoms in total. The largest absolute Gasteiger partial charge is 0.496 e. The molecule has 4 bridgehead atoms. The van der Waals surface area contributed by atoms with Gasteiger partial charge in [-0.15, -0.1) is 0 Å². The van der Waals surface area contributed by atoms with Crippen molar-refractivity contribution in [3.05, 3.63) is 30.0 Å². The molecule has 13 heteroatoms. The molecule has 3 heterocycles. The summed E-state index contributed by atoms with van der Waals surface area (Å²) in [7, 11) is -2.18. The SMILES string of the molecule is CC[C@@H]1C[C@]1(CC(=O)[C@@H]1C[C@@H]2CN1C(=O)[C@H](C1CCCCC1)CC(=O)OCCCCCc1cc(OC)c3ccnc(c3c1)O2)C(=O)NS(=O)(=O)C1CC1. The van der Waals surface area contributed by atoms with Gasteiger partial charge in [-0.1, -0.05) is 32.6 Å². The molecule has 5 atom stereocenters. The van der Waals surface area contributed by atoms with E-state index in [1.54, 1.807) is 18.2 Å². The van der Waals surface area contributed by atoms with Crippen LogP contribution in [-0.4, -0.2) is 79.5 Å². The molecule has 0 unspecified atom stereocenters. The number of carbonyl (C=O) groups excluding carboxylic acids is 4. The molecular weight excluding hydrogens is 699 g/mol. The van der Waals surface area contributed by atoms with Crippen molar-refractivity contribution in [2.45, 2.75) is 127 Å². The third-order valence-corrected chi connectivity index (χ3v) is 14.3. The number of ether oxygens (including phenoxy) is 3. The lowest BCUT2D eigenvalue weighted by atomic mass is 9.77. The van der Waals surface area contributed by atoms with Gasteiger partial charge in [-0.25, -0.2) is 13.4 Å². The smallest absolute Gasteiger partial charge is 0.306 e. The molecule has 53 heavy (non-hydrogen) atoms. The number of carbonyl (C=O) groups is 4. The predicted molar refractivity (Wildman–Crippen MR) is 197 cm³/mol. The molecule has 0 spiro atoms. The average molecular weight is 752 g/mol. The van der Waals surface area contributed by atoms with E-state index in [0.717, 1.165) is 67.7 Å². The molecule has 0 radical (unpaired) electrons. The van der Waals surface area contributed by atoms with Crippen molar-refractivity contribution in [1.82, 2.24) is 14.6 Å². The van der Waals surface area contributed by atoms with Gasteiger partial charge in [0.1, 0.15) is 11.9 Å². The first-order valence-corrected chi connectivity index (χ1v) is 21.2. The first-order valence-electron chi connectivity index (χ1n) is 19.7. The topological polar surface area (TPSA) is 158 Å². The molecule has 288 valence electrons. The molecule has 1 saturated heterocycles. The van der Waals surface area contributed by atoms with Gasteiger partial charge in [0.05, 0.1) is 49.3 Å². The van der Waals surface area contributed by atoms with Gasteiger partial charge in [0.15, 0.2) is 5.78 Å². The van der Waals surface area contributed by atoms with Crippen molar-refractivity contribution < 1.29 is 41.8 Å². The molecule has 1 aromatic heterocycles. The summed E-state index contributed by atoms with van der Waals surface area (Å²) in [6, 6.07) is 5.03. The number of cyclic esters (lactones) is 1. The van der Waals surface area contributed by atoms with Crippen molar-refractivity contribution in [3.8, 4) is 11.6 Å². The van der Waals surface area contributed by atoms with Gasteiger partial charge in [-0.3, -0.25) is 23.9 Å². The fraction of sp³-hybridized carbons (Fsp3) is 0.675. The van der Waals surface area contributed by atoms with Crippen LogP contribution < -0.4 is 14.2 Å². The number of amides is 2. The van der Waals surface area contributed by atoms with Crippen molar-refractivity contribution in [3.63, 3.8) is 0 Å². The summed E-state index contributed by atoms with van der Waals surface area (Å²) in [6.07, 6.45) is 10.9. The number of esters is 1. The number of Topliss-reactive ketones (excluding diaryl/α,β-unsaturated/α-hetero) is 1. The Balaban J connectivity index is 1.22. The molecule has 7 rings (SSSR count). The van der Waals surface area contributed by atoms with Crippen LogP contribution in [0.25, 0.3) is 10.8 Å². The second kappa shape index (κ2) is 15.5. The number of methoxy groups -OCH3 is 1. The first-order chi connectivity index (χ1) is 25.5. The summed E-state index contributed by atoms with van der Waals surface area (Å²) in [5.74, 6) is -1.34. The number of nitrogens with one attached hydrogen (secondary N) is 1. The molecular formula is C40H53N3O9S. The molecule has 3 saturated carbocycles. The molecule has 4 fully saturated rings. The third-order valence-electron chi connectivity index (χ3n) is 12.4. The first kappa shape index (κ1) is 37.6. The normalized spacial score (nSPS) is 28.8. The number of hydrogen-bond acceptors (Lipinski definition) is 10. The Morgan fingerprint density at radius 2 is 1.81 bits per heavy atom. The zero-order valence-electron chi connectivity index (χ0n) is 31.0. The van der Waals surface area contributed by atoms with Crippen LogP contribution in [-0.2, 0) is 40.4 Å². The maximum atomic E-state index is 14.8. The second-order valence-corrected chi connectivity index (χ2v) is 18.0. The molecule has 2 aliphatic heterocycles. The lowest BCUT2D eigenvalue weighted by Gasteiger charge is -2.34. The molecule has 1 aromatic carbocycles. The number of aryl methyl sites for hydroxylation is 1. The Bertz CT molecular complexity index is 1840. The Kier molecular flexibility index (Phi) is 11.0. The number of nitrogens with zero attached hydrogens (tertiary/aromatic N) is 2. The Labute approximate surface area is 312 Å². The van der Waals surface area contributed by atoms with Crippen molar-refractivity contribution in [2.24, 2.45) is 23.2 Å². The Morgan fingerprint density at radius 3 is 2.53 bits per heavy atom. The summed E-state index contributed by atoms with van der Waals surface area (Å²) in [5, 5.41) is 1.05. The summed E-state index contributed by atoms with van der Waals surface area (Å²) in [5.41, 5.74) is -0.0936. The van der Waals surface area contributed by atoms with E-state index in [0.29, 0.717) is 43.7 Å². The van der Waals surface area contributed by atoms with Crippen LogP contribution in [0.2, 0.25) is 0 Å². The van der Waals surface area contributed by atoms with Crippen LogP contribution in [0.4, 0.5) is 0 Å². The van der Waals surface area contributed by atoms with Gasteiger partial charge >= 0.3 is 5.97 Å². The van der Waals surface area contributed by atoms with Gasteiger partial charge < -0.3 is 19.1 Å². The zero-order chi connectivity index (χ0) is 37.3. The molecule has 2 aromatic rings. The molecule has 1 N–H and O–H groups in total. The van der Waals surface area contributed by atoms with E-state index in [-0.39, 0.29) is 55.9 Å². The molecule has 5 aliphatic rings. The standard InChI is InChI=1S/C40H53N3O9S/c1-3-27-22-40(27,39(47)42-53(48,49)29-13-14-29)23-34(44)33-20-28-24-43(33)38(46)31(26-11-7-4-8-12-26)21-36(45)51-17-9-5-6-10-25-18-32-30(35(19-25)50-2)15-16-41-37(32)52-28/h15-16,18-19,26-29,31,33H,3-14,17,20-24H2,1-2H3,(H,42,47)/t27-,28-,31+,33+,40-/m1/s1. The number of aromatic nitrogens is 1. The van der Waals surface area contributed by atoms with Crippen molar-refractivity contribution >= 4 is 44.4 Å². The Hall–Kier alpha value is -3.74. The maximum absolute atomic E-state index is 14.8. The monoisotopic (exact) mass is 751 g/mol. The van der Waals surface area contributed by atoms with E-state index in [9.17, 15) is 27.6 Å². The highest BCUT2D eigenvalue weighted by atomic mass is 32.2. The van der Waals surface area contributed by atoms with Gasteiger partial charge in [0.2, 0.25) is 27.7 Å². The lowest BCUT2D eigenvalue weighted by molar-refractivity contribution is -0.152. The van der Waals surface area contributed by atoms with Gasteiger partial charge in [0, 0.05) is 29.8 Å². The minimum absolute atomic E-state index is 0.0200. The fourth-order valence-corrected chi connectivity index (χ4v) is 10.5. The minimum atomic E-state index is -3.80. The number of rotatable bonds is 9. The number of fused-ring (bicyclic) bond motifs is 3. The molecule has 2 amide bonds. The number of sulfonamides is 1. The summed E-state index contributed by atoms with van der Waals surface area (Å²) in [6.45, 7) is 2.32. The van der Waals surface area contributed by atoms with E-state index in [1.807, 2.05) is 19.1 Å². The molecule has 3 aliphatic carbocycles. The van der Waals surface area contributed by atoms with Crippen LogP contribution in [0.15, 0.2) is 24.4 Å².